The van der Waals surface area contributed by atoms with Gasteiger partial charge in [-0.3, -0.25) is 9.69 Å². The molecule has 0 saturated carbocycles. The first kappa shape index (κ1) is 14.5. The van der Waals surface area contributed by atoms with Gasteiger partial charge in [-0.25, -0.2) is 0 Å². The van der Waals surface area contributed by atoms with Gasteiger partial charge in [-0.1, -0.05) is 43.5 Å². The number of allylic oxidation sites excluding steroid dienone is 4. The van der Waals surface area contributed by atoms with Gasteiger partial charge in [-0.05, 0) is 12.5 Å². The molecule has 0 radical (unpaired) electrons. The number of nitrogens with zero attached hydrogens (tertiary/aromatic N) is 2. The van der Waals surface area contributed by atoms with Gasteiger partial charge in [0.25, 0.3) is 0 Å². The Morgan fingerprint density at radius 2 is 2.11 bits per heavy atom. The molecule has 1 amide bonds. The highest BCUT2D eigenvalue weighted by molar-refractivity contribution is 5.47. The summed E-state index contributed by atoms with van der Waals surface area (Å²) in [5.41, 5.74) is 1.20. The maximum Gasteiger partial charge on any atom is 0.209 e. The molecule has 1 rings (SSSR count). The summed E-state index contributed by atoms with van der Waals surface area (Å²) in [5, 5.41) is 0. The van der Waals surface area contributed by atoms with E-state index >= 15 is 0 Å². The van der Waals surface area contributed by atoms with Crippen LogP contribution in [0.25, 0.3) is 0 Å². The van der Waals surface area contributed by atoms with Gasteiger partial charge >= 0.3 is 0 Å². The van der Waals surface area contributed by atoms with Crippen LogP contribution in [0.3, 0.4) is 0 Å². The fraction of sp³-hybridized carbons (Fsp3) is 0.400. The average Bonchev–Trinajstić information content (AvgIpc) is 2.38. The fourth-order valence-corrected chi connectivity index (χ4v) is 2.09. The van der Waals surface area contributed by atoms with Crippen LogP contribution in [0.1, 0.15) is 6.92 Å². The van der Waals surface area contributed by atoms with E-state index in [0.29, 0.717) is 6.04 Å². The monoisotopic (exact) mass is 246 g/mol. The molecule has 0 aromatic rings. The third kappa shape index (κ3) is 4.34. The van der Waals surface area contributed by atoms with Gasteiger partial charge in [0.1, 0.15) is 0 Å². The lowest BCUT2D eigenvalue weighted by atomic mass is 10.1. The second-order valence-electron chi connectivity index (χ2n) is 4.49. The molecule has 1 saturated heterocycles. The van der Waals surface area contributed by atoms with Gasteiger partial charge in [-0.15, -0.1) is 0 Å². The highest BCUT2D eigenvalue weighted by Crippen LogP contribution is 2.11. The fourth-order valence-electron chi connectivity index (χ4n) is 2.09. The molecule has 1 aliphatic heterocycles. The minimum absolute atomic E-state index is 0.384. The molecule has 1 aliphatic rings. The molecule has 1 atom stereocenters. The molecule has 0 aromatic heterocycles. The Morgan fingerprint density at radius 3 is 2.67 bits per heavy atom. The minimum Gasteiger partial charge on any atom is -0.342 e. The van der Waals surface area contributed by atoms with Gasteiger partial charge in [0.2, 0.25) is 6.41 Å². The lowest BCUT2D eigenvalue weighted by Crippen LogP contribution is -2.51. The van der Waals surface area contributed by atoms with E-state index < -0.39 is 0 Å². The van der Waals surface area contributed by atoms with Crippen molar-refractivity contribution in [1.29, 1.82) is 0 Å². The third-order valence-electron chi connectivity index (χ3n) is 3.11. The Morgan fingerprint density at radius 1 is 1.33 bits per heavy atom. The number of rotatable bonds is 6. The average molecular weight is 246 g/mol. The zero-order valence-electron chi connectivity index (χ0n) is 11.1. The van der Waals surface area contributed by atoms with Gasteiger partial charge in [0.05, 0.1) is 0 Å². The summed E-state index contributed by atoms with van der Waals surface area (Å²) >= 11 is 0. The Hall–Kier alpha value is -1.61. The smallest absolute Gasteiger partial charge is 0.209 e. The molecule has 3 heteroatoms. The first-order valence-corrected chi connectivity index (χ1v) is 6.25. The highest BCUT2D eigenvalue weighted by Gasteiger charge is 2.22. The van der Waals surface area contributed by atoms with E-state index in [1.54, 1.807) is 12.2 Å². The summed E-state index contributed by atoms with van der Waals surface area (Å²) in [6, 6.07) is 0.384. The maximum atomic E-state index is 10.7. The second-order valence-corrected chi connectivity index (χ2v) is 4.49. The van der Waals surface area contributed by atoms with E-state index in [1.807, 2.05) is 23.1 Å². The predicted octanol–water partition coefficient (Wildman–Crippen LogP) is 2.00. The summed E-state index contributed by atoms with van der Waals surface area (Å²) in [6.07, 6.45) is 10.5. The largest absolute Gasteiger partial charge is 0.342 e. The summed E-state index contributed by atoms with van der Waals surface area (Å²) in [5.74, 6) is 0. The molecule has 0 aromatic carbocycles. The van der Waals surface area contributed by atoms with E-state index in [9.17, 15) is 4.79 Å². The van der Waals surface area contributed by atoms with E-state index in [1.165, 1.54) is 5.57 Å². The molecule has 0 spiro atoms. The lowest BCUT2D eigenvalue weighted by Gasteiger charge is -2.38. The van der Waals surface area contributed by atoms with Crippen LogP contribution in [0.2, 0.25) is 0 Å². The molecule has 3 nitrogen and oxygen atoms in total. The third-order valence-corrected chi connectivity index (χ3v) is 3.11. The number of carbonyl (C=O) groups is 1. The summed E-state index contributed by atoms with van der Waals surface area (Å²) in [6.45, 7) is 13.0. The minimum atomic E-state index is 0.384. The molecule has 0 N–H and O–H groups in total. The Labute approximate surface area is 110 Å². The van der Waals surface area contributed by atoms with Crippen molar-refractivity contribution in [3.63, 3.8) is 0 Å². The molecular weight excluding hydrogens is 224 g/mol. The standard InChI is InChI=1S/C15H22N2O/c1-4-6-8-15(7-5-2)12-17-10-9-16(13-18)11-14(17)3/h4-8,13-14H,1-2,9-12H2,3H3/b8-6-,15-7+/t14-/m0/s1. The van der Waals surface area contributed by atoms with Gasteiger partial charge in [0, 0.05) is 32.2 Å². The molecule has 0 unspecified atom stereocenters. The predicted molar refractivity (Wildman–Crippen MR) is 76.3 cm³/mol. The number of carbonyl (C=O) groups excluding carboxylic acids is 1. The van der Waals surface area contributed by atoms with E-state index in [-0.39, 0.29) is 0 Å². The molecular formula is C15H22N2O. The zero-order chi connectivity index (χ0) is 13.4. The van der Waals surface area contributed by atoms with E-state index in [2.05, 4.69) is 25.0 Å². The van der Waals surface area contributed by atoms with Crippen molar-refractivity contribution in [2.24, 2.45) is 0 Å². The first-order valence-electron chi connectivity index (χ1n) is 6.25. The SMILES string of the molecule is C=C/C=C\C(=C/C=C)CN1CCN(C=O)C[C@@H]1C. The van der Waals surface area contributed by atoms with Crippen LogP contribution >= 0.6 is 0 Å². The topological polar surface area (TPSA) is 23.6 Å². The number of hydrogen-bond donors (Lipinski definition) is 0. The van der Waals surface area contributed by atoms with Crippen LogP contribution in [-0.2, 0) is 4.79 Å². The van der Waals surface area contributed by atoms with Gasteiger partial charge in [0.15, 0.2) is 0 Å². The normalized spacial score (nSPS) is 22.2. The van der Waals surface area contributed by atoms with Crippen LogP contribution in [0, 0.1) is 0 Å². The van der Waals surface area contributed by atoms with Gasteiger partial charge < -0.3 is 4.90 Å². The van der Waals surface area contributed by atoms with Crippen molar-refractivity contribution in [2.45, 2.75) is 13.0 Å². The zero-order valence-corrected chi connectivity index (χ0v) is 11.1. The second kappa shape index (κ2) is 7.67. The lowest BCUT2D eigenvalue weighted by molar-refractivity contribution is -0.120. The Kier molecular flexibility index (Phi) is 6.15. The van der Waals surface area contributed by atoms with E-state index in [0.717, 1.165) is 32.6 Å². The van der Waals surface area contributed by atoms with Crippen molar-refractivity contribution >= 4 is 6.41 Å². The molecule has 98 valence electrons. The van der Waals surface area contributed by atoms with E-state index in [4.69, 9.17) is 0 Å². The molecule has 0 bridgehead atoms. The first-order chi connectivity index (χ1) is 8.71. The van der Waals surface area contributed by atoms with Crippen molar-refractivity contribution in [1.82, 2.24) is 9.80 Å². The summed E-state index contributed by atoms with van der Waals surface area (Å²) in [4.78, 5) is 14.9. The highest BCUT2D eigenvalue weighted by atomic mass is 16.1. The Balaban J connectivity index is 2.62. The quantitative estimate of drug-likeness (QED) is 0.528. The Bertz CT molecular complexity index is 358. The van der Waals surface area contributed by atoms with Crippen molar-refractivity contribution in [3.8, 4) is 0 Å². The number of amides is 1. The molecule has 18 heavy (non-hydrogen) atoms. The number of piperazine rings is 1. The van der Waals surface area contributed by atoms with Crippen LogP contribution < -0.4 is 0 Å². The summed E-state index contributed by atoms with van der Waals surface area (Å²) in [7, 11) is 0. The van der Waals surface area contributed by atoms with Crippen LogP contribution in [0.5, 0.6) is 0 Å². The molecule has 0 aliphatic carbocycles. The number of hydrogen-bond acceptors (Lipinski definition) is 2. The van der Waals surface area contributed by atoms with Crippen molar-refractivity contribution in [2.75, 3.05) is 26.2 Å². The molecule has 1 fully saturated rings. The van der Waals surface area contributed by atoms with Crippen molar-refractivity contribution < 1.29 is 4.79 Å². The van der Waals surface area contributed by atoms with Crippen LogP contribution in [0.4, 0.5) is 0 Å². The van der Waals surface area contributed by atoms with Crippen molar-refractivity contribution in [3.05, 3.63) is 49.1 Å². The van der Waals surface area contributed by atoms with Gasteiger partial charge in [-0.2, -0.15) is 0 Å². The summed E-state index contributed by atoms with van der Waals surface area (Å²) < 4.78 is 0. The maximum absolute atomic E-state index is 10.7. The van der Waals surface area contributed by atoms with Crippen LogP contribution in [0.15, 0.2) is 49.1 Å². The van der Waals surface area contributed by atoms with Crippen LogP contribution in [-0.4, -0.2) is 48.4 Å². The molecule has 1 heterocycles.